The smallest absolute Gasteiger partial charge is 0.258 e. The second-order valence-corrected chi connectivity index (χ2v) is 5.03. The Labute approximate surface area is 117 Å². The Balaban J connectivity index is 2.12. The minimum Gasteiger partial charge on any atom is -0.359 e. The van der Waals surface area contributed by atoms with E-state index < -0.39 is 0 Å². The zero-order valence-corrected chi connectivity index (χ0v) is 11.9. The molecular formula is C16H17N3O. The lowest BCUT2D eigenvalue weighted by Crippen LogP contribution is -2.03. The van der Waals surface area contributed by atoms with Crippen LogP contribution >= 0.6 is 0 Å². The van der Waals surface area contributed by atoms with E-state index in [1.807, 2.05) is 18.2 Å². The average molecular weight is 267 g/mol. The highest BCUT2D eigenvalue weighted by Gasteiger charge is 2.25. The van der Waals surface area contributed by atoms with Gasteiger partial charge in [-0.3, -0.25) is 9.78 Å². The molecule has 2 aromatic heterocycles. The first-order chi connectivity index (χ1) is 9.61. The predicted molar refractivity (Wildman–Crippen MR) is 80.4 cm³/mol. The Morgan fingerprint density at radius 1 is 1.35 bits per heavy atom. The van der Waals surface area contributed by atoms with Gasteiger partial charge >= 0.3 is 0 Å². The summed E-state index contributed by atoms with van der Waals surface area (Å²) in [6, 6.07) is 3.69. The molecule has 2 aromatic rings. The summed E-state index contributed by atoms with van der Waals surface area (Å²) in [6.45, 7) is 6.29. The van der Waals surface area contributed by atoms with Crippen LogP contribution in [-0.4, -0.2) is 15.9 Å². The molecular weight excluding hydrogens is 250 g/mol. The molecule has 1 aliphatic heterocycles. The molecule has 4 heteroatoms. The minimum absolute atomic E-state index is 0.0941. The van der Waals surface area contributed by atoms with E-state index in [-0.39, 0.29) is 5.91 Å². The van der Waals surface area contributed by atoms with Gasteiger partial charge in [-0.15, -0.1) is 0 Å². The fourth-order valence-corrected chi connectivity index (χ4v) is 2.79. The van der Waals surface area contributed by atoms with Gasteiger partial charge in [-0.25, -0.2) is 0 Å². The molecule has 0 unspecified atom stereocenters. The van der Waals surface area contributed by atoms with Gasteiger partial charge in [0.2, 0.25) is 0 Å². The molecule has 2 N–H and O–H groups in total. The van der Waals surface area contributed by atoms with Gasteiger partial charge in [-0.05, 0) is 49.6 Å². The first kappa shape index (κ1) is 12.7. The number of aromatic nitrogens is 2. The zero-order chi connectivity index (χ0) is 14.3. The van der Waals surface area contributed by atoms with Crippen LogP contribution in [0, 0.1) is 13.8 Å². The predicted octanol–water partition coefficient (Wildman–Crippen LogP) is 3.08. The number of nitrogens with one attached hydrogen (secondary N) is 2. The first-order valence-corrected chi connectivity index (χ1v) is 6.78. The summed E-state index contributed by atoms with van der Waals surface area (Å²) >= 11 is 0. The van der Waals surface area contributed by atoms with Crippen LogP contribution in [0.5, 0.6) is 0 Å². The topological polar surface area (TPSA) is 57.8 Å². The Hall–Kier alpha value is -2.36. The molecule has 0 radical (unpaired) electrons. The number of carbonyl (C=O) groups excluding carboxylic acids is 1. The number of anilines is 1. The third-order valence-corrected chi connectivity index (χ3v) is 3.83. The van der Waals surface area contributed by atoms with Gasteiger partial charge in [0.05, 0.1) is 17.0 Å². The van der Waals surface area contributed by atoms with Crippen molar-refractivity contribution in [1.82, 2.24) is 9.97 Å². The van der Waals surface area contributed by atoms with Crippen LogP contribution in [0.15, 0.2) is 18.3 Å². The number of rotatable bonds is 2. The molecule has 102 valence electrons. The van der Waals surface area contributed by atoms with E-state index >= 15 is 0 Å². The van der Waals surface area contributed by atoms with Crippen LogP contribution in [0.3, 0.4) is 0 Å². The third-order valence-electron chi connectivity index (χ3n) is 3.83. The summed E-state index contributed by atoms with van der Waals surface area (Å²) in [5.74, 6) is -0.0941. The summed E-state index contributed by atoms with van der Waals surface area (Å²) in [4.78, 5) is 19.7. The van der Waals surface area contributed by atoms with Gasteiger partial charge in [-0.1, -0.05) is 6.92 Å². The van der Waals surface area contributed by atoms with E-state index in [1.54, 1.807) is 6.20 Å². The van der Waals surface area contributed by atoms with Gasteiger partial charge in [0.25, 0.3) is 5.91 Å². The van der Waals surface area contributed by atoms with E-state index in [2.05, 4.69) is 36.1 Å². The molecule has 0 saturated carbocycles. The molecule has 1 aliphatic rings. The Morgan fingerprint density at radius 2 is 2.15 bits per heavy atom. The van der Waals surface area contributed by atoms with E-state index in [1.165, 1.54) is 11.1 Å². The van der Waals surface area contributed by atoms with Crippen LogP contribution in [0.2, 0.25) is 0 Å². The van der Waals surface area contributed by atoms with Crippen molar-refractivity contribution >= 4 is 23.2 Å². The standard InChI is InChI=1S/C16H17N3O/c1-4-11-9(2)14(18-10(11)3)8-12-15-13(19-16(12)20)6-5-7-17-15/h5-8,18H,4H2,1-3H3,(H,19,20). The van der Waals surface area contributed by atoms with Crippen molar-refractivity contribution in [2.75, 3.05) is 5.32 Å². The number of carbonyl (C=O) groups is 1. The van der Waals surface area contributed by atoms with Crippen LogP contribution in [-0.2, 0) is 11.2 Å². The quantitative estimate of drug-likeness (QED) is 0.821. The van der Waals surface area contributed by atoms with Gasteiger partial charge < -0.3 is 10.3 Å². The second kappa shape index (κ2) is 4.63. The molecule has 0 atom stereocenters. The van der Waals surface area contributed by atoms with Crippen molar-refractivity contribution in [3.05, 3.63) is 46.5 Å². The number of hydrogen-bond donors (Lipinski definition) is 2. The minimum atomic E-state index is -0.0941. The normalized spacial score (nSPS) is 15.6. The van der Waals surface area contributed by atoms with Gasteiger partial charge in [0.1, 0.15) is 0 Å². The third kappa shape index (κ3) is 1.84. The van der Waals surface area contributed by atoms with Crippen LogP contribution in [0.25, 0.3) is 11.6 Å². The molecule has 0 saturated heterocycles. The van der Waals surface area contributed by atoms with Crippen molar-refractivity contribution in [2.24, 2.45) is 0 Å². The molecule has 0 fully saturated rings. The Morgan fingerprint density at radius 3 is 2.85 bits per heavy atom. The molecule has 3 heterocycles. The number of fused-ring (bicyclic) bond motifs is 1. The molecule has 0 spiro atoms. The number of pyridine rings is 1. The summed E-state index contributed by atoms with van der Waals surface area (Å²) in [7, 11) is 0. The van der Waals surface area contributed by atoms with Crippen molar-refractivity contribution in [1.29, 1.82) is 0 Å². The second-order valence-electron chi connectivity index (χ2n) is 5.03. The van der Waals surface area contributed by atoms with E-state index in [0.717, 1.165) is 29.2 Å². The number of nitrogens with zero attached hydrogens (tertiary/aromatic N) is 1. The molecule has 4 nitrogen and oxygen atoms in total. The lowest BCUT2D eigenvalue weighted by atomic mass is 10.1. The molecule has 3 rings (SSSR count). The number of aryl methyl sites for hydroxylation is 1. The van der Waals surface area contributed by atoms with Crippen LogP contribution in [0.1, 0.15) is 35.1 Å². The molecule has 0 bridgehead atoms. The fourth-order valence-electron chi connectivity index (χ4n) is 2.79. The Bertz CT molecular complexity index is 725. The summed E-state index contributed by atoms with van der Waals surface area (Å²) in [6.07, 6.45) is 4.59. The van der Waals surface area contributed by atoms with Crippen LogP contribution in [0.4, 0.5) is 5.69 Å². The highest BCUT2D eigenvalue weighted by molar-refractivity contribution is 6.34. The molecule has 0 aromatic carbocycles. The van der Waals surface area contributed by atoms with Gasteiger partial charge in [0, 0.05) is 17.6 Å². The maximum Gasteiger partial charge on any atom is 0.258 e. The SMILES string of the molecule is CCc1c(C)[nH]c(C=C2C(=O)Nc3cccnc32)c1C. The van der Waals surface area contributed by atoms with Crippen molar-refractivity contribution in [3.63, 3.8) is 0 Å². The number of amides is 1. The lowest BCUT2D eigenvalue weighted by molar-refractivity contribution is -0.110. The number of aromatic amines is 1. The van der Waals surface area contributed by atoms with E-state index in [4.69, 9.17) is 0 Å². The molecule has 0 aliphatic carbocycles. The summed E-state index contributed by atoms with van der Waals surface area (Å²) in [5, 5.41) is 2.84. The molecule has 1 amide bonds. The average Bonchev–Trinajstić information content (AvgIpc) is 2.88. The van der Waals surface area contributed by atoms with Crippen molar-refractivity contribution in [2.45, 2.75) is 27.2 Å². The van der Waals surface area contributed by atoms with Crippen molar-refractivity contribution < 1.29 is 4.79 Å². The fraction of sp³-hybridized carbons (Fsp3) is 0.250. The maximum absolute atomic E-state index is 12.1. The van der Waals surface area contributed by atoms with Gasteiger partial charge in [-0.2, -0.15) is 0 Å². The summed E-state index contributed by atoms with van der Waals surface area (Å²) in [5.41, 5.74) is 6.79. The monoisotopic (exact) mass is 267 g/mol. The van der Waals surface area contributed by atoms with Crippen LogP contribution < -0.4 is 5.32 Å². The highest BCUT2D eigenvalue weighted by atomic mass is 16.2. The molecule has 20 heavy (non-hydrogen) atoms. The Kier molecular flexibility index (Phi) is 2.93. The first-order valence-electron chi connectivity index (χ1n) is 6.78. The maximum atomic E-state index is 12.1. The number of H-pyrrole nitrogens is 1. The van der Waals surface area contributed by atoms with E-state index in [0.29, 0.717) is 5.57 Å². The number of hydrogen-bond acceptors (Lipinski definition) is 2. The highest BCUT2D eigenvalue weighted by Crippen LogP contribution is 2.31. The van der Waals surface area contributed by atoms with Crippen molar-refractivity contribution in [3.8, 4) is 0 Å². The zero-order valence-electron chi connectivity index (χ0n) is 11.9. The lowest BCUT2D eigenvalue weighted by Gasteiger charge is -1.98. The largest absolute Gasteiger partial charge is 0.359 e. The van der Waals surface area contributed by atoms with E-state index in [9.17, 15) is 4.79 Å². The summed E-state index contributed by atoms with van der Waals surface area (Å²) < 4.78 is 0. The van der Waals surface area contributed by atoms with Gasteiger partial charge in [0.15, 0.2) is 0 Å².